The fraction of sp³-hybridized carbons (Fsp3) is 0.273. The molecular weight excluding hydrogens is 374 g/mol. The van der Waals surface area contributed by atoms with Gasteiger partial charge in [0.1, 0.15) is 0 Å². The van der Waals surface area contributed by atoms with Crippen LogP contribution in [0.1, 0.15) is 24.5 Å². The number of hydrogen-bond donors (Lipinski definition) is 0. The Labute approximate surface area is 169 Å². The van der Waals surface area contributed by atoms with Gasteiger partial charge in [-0.05, 0) is 29.7 Å². The molecule has 0 aromatic heterocycles. The predicted octanol–water partition coefficient (Wildman–Crippen LogP) is 4.13. The van der Waals surface area contributed by atoms with Crippen molar-refractivity contribution in [1.82, 2.24) is 4.90 Å². The van der Waals surface area contributed by atoms with E-state index in [0.717, 1.165) is 5.56 Å². The minimum Gasteiger partial charge on any atom is -0.493 e. The van der Waals surface area contributed by atoms with Gasteiger partial charge in [0.05, 0.1) is 24.7 Å². The van der Waals surface area contributed by atoms with E-state index in [-0.39, 0.29) is 11.8 Å². The molecule has 0 atom stereocenters. The summed E-state index contributed by atoms with van der Waals surface area (Å²) in [4.78, 5) is 27.8. The van der Waals surface area contributed by atoms with Crippen molar-refractivity contribution in [2.45, 2.75) is 19.1 Å². The summed E-state index contributed by atoms with van der Waals surface area (Å²) in [5.41, 5.74) is 2.19. The van der Waals surface area contributed by atoms with E-state index in [9.17, 15) is 9.59 Å². The number of nitrogens with zero attached hydrogens (tertiary/aromatic N) is 1. The first kappa shape index (κ1) is 20.0. The summed E-state index contributed by atoms with van der Waals surface area (Å²) in [6, 6.07) is 15.2. The molecule has 1 aliphatic rings. The van der Waals surface area contributed by atoms with Crippen LogP contribution in [-0.2, 0) is 15.3 Å². The maximum Gasteiger partial charge on any atom is 0.267 e. The van der Waals surface area contributed by atoms with E-state index in [2.05, 4.69) is 0 Å². The highest BCUT2D eigenvalue weighted by molar-refractivity contribution is 8.03. The molecular formula is C22H23NO4S. The monoisotopic (exact) mass is 397 g/mol. The zero-order valence-electron chi connectivity index (χ0n) is 16.2. The second-order valence-electron chi connectivity index (χ2n) is 6.31. The second kappa shape index (κ2) is 8.97. The number of rotatable bonds is 8. The molecule has 0 aliphatic carbocycles. The third kappa shape index (κ3) is 3.92. The Bertz CT molecular complexity index is 908. The third-order valence-corrected chi connectivity index (χ3v) is 5.62. The number of amides is 2. The first-order valence-electron chi connectivity index (χ1n) is 9.10. The number of thioether (sulfide) groups is 1. The highest BCUT2D eigenvalue weighted by atomic mass is 32.2. The fourth-order valence-corrected chi connectivity index (χ4v) is 4.18. The summed E-state index contributed by atoms with van der Waals surface area (Å²) < 4.78 is 10.7. The van der Waals surface area contributed by atoms with Crippen LogP contribution in [0.3, 0.4) is 0 Å². The van der Waals surface area contributed by atoms with Crippen LogP contribution in [0.4, 0.5) is 0 Å². The summed E-state index contributed by atoms with van der Waals surface area (Å²) in [6.45, 7) is 2.36. The number of ether oxygens (including phenoxy) is 2. The lowest BCUT2D eigenvalue weighted by Gasteiger charge is -2.14. The Morgan fingerprint density at radius 2 is 1.64 bits per heavy atom. The summed E-state index contributed by atoms with van der Waals surface area (Å²) in [7, 11) is 3.11. The van der Waals surface area contributed by atoms with Crippen LogP contribution in [0.25, 0.3) is 5.57 Å². The molecule has 0 saturated carbocycles. The van der Waals surface area contributed by atoms with Gasteiger partial charge in [-0.15, -0.1) is 11.8 Å². The molecule has 6 heteroatoms. The molecule has 3 rings (SSSR count). The minimum absolute atomic E-state index is 0.224. The quantitative estimate of drug-likeness (QED) is 0.627. The lowest BCUT2D eigenvalue weighted by Crippen LogP contribution is -2.32. The summed E-state index contributed by atoms with van der Waals surface area (Å²) in [6.07, 6.45) is 0.716. The standard InChI is InChI=1S/C22H23NO4S/c1-4-12-23-21(24)19(16-10-11-17(26-2)18(13-16)27-3)20(22(23)25)28-14-15-8-6-5-7-9-15/h5-11,13H,4,12,14H2,1-3H3. The molecule has 1 heterocycles. The highest BCUT2D eigenvalue weighted by Crippen LogP contribution is 2.40. The van der Waals surface area contributed by atoms with Crippen LogP contribution < -0.4 is 9.47 Å². The molecule has 1 aliphatic heterocycles. The van der Waals surface area contributed by atoms with Crippen molar-refractivity contribution < 1.29 is 19.1 Å². The Hall–Kier alpha value is -2.73. The second-order valence-corrected chi connectivity index (χ2v) is 7.30. The van der Waals surface area contributed by atoms with Crippen LogP contribution in [0.2, 0.25) is 0 Å². The van der Waals surface area contributed by atoms with Gasteiger partial charge in [0.15, 0.2) is 11.5 Å². The topological polar surface area (TPSA) is 55.8 Å². The number of carbonyl (C=O) groups excluding carboxylic acids is 2. The van der Waals surface area contributed by atoms with Gasteiger partial charge in [0.2, 0.25) is 0 Å². The van der Waals surface area contributed by atoms with E-state index in [1.807, 2.05) is 37.3 Å². The van der Waals surface area contributed by atoms with Gasteiger partial charge in [-0.1, -0.05) is 43.3 Å². The molecule has 146 valence electrons. The van der Waals surface area contributed by atoms with Crippen LogP contribution >= 0.6 is 11.8 Å². The van der Waals surface area contributed by atoms with Crippen molar-refractivity contribution in [3.05, 3.63) is 64.6 Å². The average molecular weight is 397 g/mol. The molecule has 2 aromatic rings. The maximum atomic E-state index is 13.0. The summed E-state index contributed by atoms with van der Waals surface area (Å²) >= 11 is 1.40. The molecule has 0 spiro atoms. The number of hydrogen-bond acceptors (Lipinski definition) is 5. The lowest BCUT2D eigenvalue weighted by molar-refractivity contribution is -0.136. The molecule has 0 fully saturated rings. The van der Waals surface area contributed by atoms with Crippen molar-refractivity contribution in [1.29, 1.82) is 0 Å². The first-order valence-corrected chi connectivity index (χ1v) is 10.1. The largest absolute Gasteiger partial charge is 0.493 e. The summed E-state index contributed by atoms with van der Waals surface area (Å²) in [5.74, 6) is 1.24. The van der Waals surface area contributed by atoms with Crippen molar-refractivity contribution in [3.8, 4) is 11.5 Å². The molecule has 28 heavy (non-hydrogen) atoms. The molecule has 0 unspecified atom stereocenters. The SMILES string of the molecule is CCCN1C(=O)C(SCc2ccccc2)=C(c2ccc(OC)c(OC)c2)C1=O. The Kier molecular flexibility index (Phi) is 6.41. The number of imide groups is 1. The third-order valence-electron chi connectivity index (χ3n) is 4.47. The maximum absolute atomic E-state index is 13.0. The average Bonchev–Trinajstić information content (AvgIpc) is 2.97. The molecule has 0 bridgehead atoms. The van der Waals surface area contributed by atoms with Crippen molar-refractivity contribution in [3.63, 3.8) is 0 Å². The van der Waals surface area contributed by atoms with Crippen LogP contribution in [0.5, 0.6) is 11.5 Å². The zero-order valence-corrected chi connectivity index (χ0v) is 17.0. The molecule has 5 nitrogen and oxygen atoms in total. The van der Waals surface area contributed by atoms with Crippen molar-refractivity contribution in [2.24, 2.45) is 0 Å². The minimum atomic E-state index is -0.255. The predicted molar refractivity (Wildman–Crippen MR) is 111 cm³/mol. The number of carbonyl (C=O) groups is 2. The number of benzene rings is 2. The van der Waals surface area contributed by atoms with Gasteiger partial charge in [0, 0.05) is 12.3 Å². The van der Waals surface area contributed by atoms with Crippen LogP contribution in [-0.4, -0.2) is 37.5 Å². The lowest BCUT2D eigenvalue weighted by atomic mass is 10.1. The molecule has 0 radical (unpaired) electrons. The van der Waals surface area contributed by atoms with Gasteiger partial charge in [-0.25, -0.2) is 0 Å². The Balaban J connectivity index is 2.01. The van der Waals surface area contributed by atoms with Gasteiger partial charge < -0.3 is 9.47 Å². The Morgan fingerprint density at radius 1 is 0.929 bits per heavy atom. The summed E-state index contributed by atoms with van der Waals surface area (Å²) in [5, 5.41) is 0. The normalized spacial score (nSPS) is 14.0. The van der Waals surface area contributed by atoms with Crippen LogP contribution in [0, 0.1) is 0 Å². The molecule has 0 N–H and O–H groups in total. The fourth-order valence-electron chi connectivity index (χ4n) is 3.09. The first-order chi connectivity index (χ1) is 13.6. The van der Waals surface area contributed by atoms with E-state index >= 15 is 0 Å². The van der Waals surface area contributed by atoms with E-state index in [4.69, 9.17) is 9.47 Å². The molecule has 0 saturated heterocycles. The smallest absolute Gasteiger partial charge is 0.267 e. The van der Waals surface area contributed by atoms with Gasteiger partial charge >= 0.3 is 0 Å². The van der Waals surface area contributed by atoms with Crippen LogP contribution in [0.15, 0.2) is 53.4 Å². The van der Waals surface area contributed by atoms with E-state index in [0.29, 0.717) is 46.3 Å². The highest BCUT2D eigenvalue weighted by Gasteiger charge is 2.38. The van der Waals surface area contributed by atoms with Gasteiger partial charge in [0.25, 0.3) is 11.8 Å². The van der Waals surface area contributed by atoms with E-state index in [1.165, 1.54) is 16.7 Å². The van der Waals surface area contributed by atoms with Gasteiger partial charge in [-0.3, -0.25) is 14.5 Å². The van der Waals surface area contributed by atoms with Crippen molar-refractivity contribution in [2.75, 3.05) is 20.8 Å². The Morgan fingerprint density at radius 3 is 2.29 bits per heavy atom. The van der Waals surface area contributed by atoms with Gasteiger partial charge in [-0.2, -0.15) is 0 Å². The van der Waals surface area contributed by atoms with E-state index in [1.54, 1.807) is 32.4 Å². The van der Waals surface area contributed by atoms with E-state index < -0.39 is 0 Å². The molecule has 2 aromatic carbocycles. The number of methoxy groups -OCH3 is 2. The zero-order chi connectivity index (χ0) is 20.1. The van der Waals surface area contributed by atoms with Crippen molar-refractivity contribution >= 4 is 29.1 Å². The molecule has 2 amide bonds.